The van der Waals surface area contributed by atoms with Gasteiger partial charge in [0.25, 0.3) is 11.1 Å². The fourth-order valence-corrected chi connectivity index (χ4v) is 3.56. The number of amides is 2. The molecule has 1 aliphatic rings. The molecule has 122 valence electrons. The van der Waals surface area contributed by atoms with Crippen LogP contribution in [0.2, 0.25) is 15.1 Å². The van der Waals surface area contributed by atoms with E-state index in [-0.39, 0.29) is 17.7 Å². The first-order chi connectivity index (χ1) is 11.4. The maximum atomic E-state index is 12.5. The van der Waals surface area contributed by atoms with Gasteiger partial charge in [-0.1, -0.05) is 53.0 Å². The highest BCUT2D eigenvalue weighted by Gasteiger charge is 2.35. The quantitative estimate of drug-likeness (QED) is 0.606. The normalized spacial score (nSPS) is 16.3. The number of thioether (sulfide) groups is 1. The van der Waals surface area contributed by atoms with Crippen LogP contribution in [0.4, 0.5) is 4.79 Å². The Morgan fingerprint density at radius 2 is 1.79 bits per heavy atom. The van der Waals surface area contributed by atoms with E-state index in [1.807, 2.05) is 6.07 Å². The largest absolute Gasteiger partial charge is 0.293 e. The third-order valence-corrected chi connectivity index (χ3v) is 5.23. The van der Waals surface area contributed by atoms with Gasteiger partial charge in [-0.25, -0.2) is 0 Å². The number of hydrogen-bond donors (Lipinski definition) is 0. The van der Waals surface area contributed by atoms with Crippen molar-refractivity contribution in [3.05, 3.63) is 73.6 Å². The summed E-state index contributed by atoms with van der Waals surface area (Å²) in [6.45, 7) is 0.147. The molecule has 1 saturated heterocycles. The molecule has 1 fully saturated rings. The molecule has 0 radical (unpaired) electrons. The first-order valence-corrected chi connectivity index (χ1v) is 8.84. The van der Waals surface area contributed by atoms with Crippen LogP contribution < -0.4 is 0 Å². The molecule has 2 aromatic carbocycles. The zero-order chi connectivity index (χ0) is 17.3. The van der Waals surface area contributed by atoms with E-state index in [9.17, 15) is 9.59 Å². The SMILES string of the molecule is O=C1S/C(=C\c2cccc(Cl)c2)C(=O)N1Cc1ccc(Cl)c(Cl)c1. The van der Waals surface area contributed by atoms with Crippen LogP contribution in [-0.4, -0.2) is 16.0 Å². The van der Waals surface area contributed by atoms with E-state index in [1.165, 1.54) is 4.90 Å². The van der Waals surface area contributed by atoms with Crippen LogP contribution in [0.5, 0.6) is 0 Å². The molecule has 2 aromatic rings. The van der Waals surface area contributed by atoms with Crippen LogP contribution in [-0.2, 0) is 11.3 Å². The van der Waals surface area contributed by atoms with Crippen molar-refractivity contribution >= 4 is 63.8 Å². The summed E-state index contributed by atoms with van der Waals surface area (Å²) in [6.07, 6.45) is 1.66. The van der Waals surface area contributed by atoms with Crippen molar-refractivity contribution in [3.63, 3.8) is 0 Å². The lowest BCUT2D eigenvalue weighted by molar-refractivity contribution is -0.123. The molecule has 0 saturated carbocycles. The minimum Gasteiger partial charge on any atom is -0.268 e. The highest BCUT2D eigenvalue weighted by molar-refractivity contribution is 8.18. The summed E-state index contributed by atoms with van der Waals surface area (Å²) >= 11 is 18.7. The Balaban J connectivity index is 1.82. The first kappa shape index (κ1) is 17.4. The lowest BCUT2D eigenvalue weighted by atomic mass is 10.2. The van der Waals surface area contributed by atoms with E-state index in [0.717, 1.165) is 22.9 Å². The molecule has 0 atom stereocenters. The van der Waals surface area contributed by atoms with Crippen molar-refractivity contribution in [3.8, 4) is 0 Å². The molecule has 7 heteroatoms. The Labute approximate surface area is 158 Å². The van der Waals surface area contributed by atoms with Crippen LogP contribution in [0.15, 0.2) is 47.4 Å². The third-order valence-electron chi connectivity index (χ3n) is 3.34. The van der Waals surface area contributed by atoms with Crippen molar-refractivity contribution < 1.29 is 9.59 Å². The third kappa shape index (κ3) is 3.78. The summed E-state index contributed by atoms with van der Waals surface area (Å²) in [5.41, 5.74) is 1.50. The Kier molecular flexibility index (Phi) is 5.21. The van der Waals surface area contributed by atoms with Gasteiger partial charge in [0.15, 0.2) is 0 Å². The van der Waals surface area contributed by atoms with Gasteiger partial charge in [0.2, 0.25) is 0 Å². The molecular weight excluding hydrogens is 389 g/mol. The lowest BCUT2D eigenvalue weighted by Gasteiger charge is -2.12. The van der Waals surface area contributed by atoms with Crippen molar-refractivity contribution in [1.29, 1.82) is 0 Å². The van der Waals surface area contributed by atoms with E-state index in [4.69, 9.17) is 34.8 Å². The van der Waals surface area contributed by atoms with Crippen molar-refractivity contribution in [2.45, 2.75) is 6.54 Å². The number of rotatable bonds is 3. The predicted molar refractivity (Wildman–Crippen MR) is 99.4 cm³/mol. The van der Waals surface area contributed by atoms with Gasteiger partial charge < -0.3 is 0 Å². The van der Waals surface area contributed by atoms with Crippen LogP contribution in [0.25, 0.3) is 6.08 Å². The Hall–Kier alpha value is -1.46. The van der Waals surface area contributed by atoms with E-state index >= 15 is 0 Å². The standard InChI is InChI=1S/C17H10Cl3NO2S/c18-12-3-1-2-10(6-12)8-15-16(22)21(17(23)24-15)9-11-4-5-13(19)14(20)7-11/h1-8H,9H2/b15-8-. The molecule has 0 unspecified atom stereocenters. The Morgan fingerprint density at radius 1 is 1.00 bits per heavy atom. The summed E-state index contributed by atoms with van der Waals surface area (Å²) < 4.78 is 0. The summed E-state index contributed by atoms with van der Waals surface area (Å²) in [4.78, 5) is 26.2. The van der Waals surface area contributed by atoms with Crippen molar-refractivity contribution in [1.82, 2.24) is 4.90 Å². The molecule has 1 heterocycles. The van der Waals surface area contributed by atoms with Gasteiger partial charge in [0.1, 0.15) is 0 Å². The molecule has 24 heavy (non-hydrogen) atoms. The van der Waals surface area contributed by atoms with Gasteiger partial charge in [0.05, 0.1) is 21.5 Å². The maximum absolute atomic E-state index is 12.5. The van der Waals surface area contributed by atoms with E-state index < -0.39 is 0 Å². The smallest absolute Gasteiger partial charge is 0.268 e. The Bertz CT molecular complexity index is 867. The summed E-state index contributed by atoms with van der Waals surface area (Å²) in [7, 11) is 0. The summed E-state index contributed by atoms with van der Waals surface area (Å²) in [6, 6.07) is 12.1. The average molecular weight is 399 g/mol. The second kappa shape index (κ2) is 7.19. The fourth-order valence-electron chi connectivity index (χ4n) is 2.20. The average Bonchev–Trinajstić information content (AvgIpc) is 2.78. The van der Waals surface area contributed by atoms with Gasteiger partial charge >= 0.3 is 0 Å². The second-order valence-corrected chi connectivity index (χ2v) is 7.32. The molecule has 0 aliphatic carbocycles. The molecule has 3 rings (SSSR count). The molecule has 2 amide bonds. The summed E-state index contributed by atoms with van der Waals surface area (Å²) in [5, 5.41) is 1.06. The van der Waals surface area contributed by atoms with E-state index in [1.54, 1.807) is 42.5 Å². The number of carbonyl (C=O) groups excluding carboxylic acids is 2. The maximum Gasteiger partial charge on any atom is 0.293 e. The van der Waals surface area contributed by atoms with Crippen LogP contribution in [0.1, 0.15) is 11.1 Å². The van der Waals surface area contributed by atoms with Crippen LogP contribution in [0, 0.1) is 0 Å². The first-order valence-electron chi connectivity index (χ1n) is 6.89. The molecule has 1 aliphatic heterocycles. The highest BCUT2D eigenvalue weighted by atomic mass is 35.5. The van der Waals surface area contributed by atoms with Crippen LogP contribution in [0.3, 0.4) is 0 Å². The van der Waals surface area contributed by atoms with Crippen molar-refractivity contribution in [2.75, 3.05) is 0 Å². The van der Waals surface area contributed by atoms with E-state index in [2.05, 4.69) is 0 Å². The molecular formula is C17H10Cl3NO2S. The minimum atomic E-state index is -0.337. The molecule has 0 bridgehead atoms. The fraction of sp³-hybridized carbons (Fsp3) is 0.0588. The Morgan fingerprint density at radius 3 is 2.50 bits per heavy atom. The minimum absolute atomic E-state index is 0.147. The molecule has 0 aromatic heterocycles. The van der Waals surface area contributed by atoms with Gasteiger partial charge in [-0.2, -0.15) is 0 Å². The monoisotopic (exact) mass is 397 g/mol. The zero-order valence-corrected chi connectivity index (χ0v) is 15.2. The molecule has 3 nitrogen and oxygen atoms in total. The number of imide groups is 1. The van der Waals surface area contributed by atoms with Crippen molar-refractivity contribution in [2.24, 2.45) is 0 Å². The number of nitrogens with zero attached hydrogens (tertiary/aromatic N) is 1. The number of hydrogen-bond acceptors (Lipinski definition) is 3. The zero-order valence-electron chi connectivity index (χ0n) is 12.1. The molecule has 0 spiro atoms. The second-order valence-electron chi connectivity index (χ2n) is 5.07. The molecule has 0 N–H and O–H groups in total. The number of halogens is 3. The number of benzene rings is 2. The van der Waals surface area contributed by atoms with Gasteiger partial charge in [0, 0.05) is 5.02 Å². The van der Waals surface area contributed by atoms with E-state index in [0.29, 0.717) is 20.0 Å². The topological polar surface area (TPSA) is 37.4 Å². The number of carbonyl (C=O) groups is 2. The van der Waals surface area contributed by atoms with Gasteiger partial charge in [-0.3, -0.25) is 14.5 Å². The predicted octanol–water partition coefficient (Wildman–Crippen LogP) is 5.88. The lowest BCUT2D eigenvalue weighted by Crippen LogP contribution is -2.27. The summed E-state index contributed by atoms with van der Waals surface area (Å²) in [5.74, 6) is -0.337. The van der Waals surface area contributed by atoms with Gasteiger partial charge in [-0.05, 0) is 53.2 Å². The highest BCUT2D eigenvalue weighted by Crippen LogP contribution is 2.34. The van der Waals surface area contributed by atoms with Gasteiger partial charge in [-0.15, -0.1) is 0 Å². The van der Waals surface area contributed by atoms with Crippen LogP contribution >= 0.6 is 46.6 Å².